The molecule has 0 saturated heterocycles. The van der Waals surface area contributed by atoms with Crippen molar-refractivity contribution in [3.63, 3.8) is 0 Å². The van der Waals surface area contributed by atoms with E-state index in [4.69, 9.17) is 4.74 Å². The van der Waals surface area contributed by atoms with Gasteiger partial charge in [0.05, 0.1) is 0 Å². The van der Waals surface area contributed by atoms with E-state index in [0.29, 0.717) is 6.61 Å². The Kier molecular flexibility index (Phi) is 5.65. The highest BCUT2D eigenvalue weighted by Crippen LogP contribution is 2.16. The fourth-order valence-corrected chi connectivity index (χ4v) is 1.87. The van der Waals surface area contributed by atoms with Crippen LogP contribution in [0.15, 0.2) is 24.3 Å². The molecule has 4 heteroatoms. The van der Waals surface area contributed by atoms with Crippen molar-refractivity contribution in [1.29, 1.82) is 0 Å². The number of phenolic OH excluding ortho intramolecular Hbond substituents is 1. The van der Waals surface area contributed by atoms with Crippen LogP contribution in [-0.4, -0.2) is 41.7 Å². The summed E-state index contributed by atoms with van der Waals surface area (Å²) in [6.07, 6.45) is 0. The molecule has 0 radical (unpaired) electrons. The number of ether oxygens (including phenoxy) is 1. The molecule has 1 rings (SSSR count). The van der Waals surface area contributed by atoms with Crippen molar-refractivity contribution in [2.75, 3.05) is 19.7 Å². The van der Waals surface area contributed by atoms with Crippen molar-refractivity contribution in [2.24, 2.45) is 0 Å². The number of benzene rings is 1. The lowest BCUT2D eigenvalue weighted by atomic mass is 10.2. The average molecular weight is 251 g/mol. The molecular formula is C14H21NO3. The lowest BCUT2D eigenvalue weighted by Crippen LogP contribution is -2.36. The number of carbonyl (C=O) groups is 1. The van der Waals surface area contributed by atoms with E-state index in [1.54, 1.807) is 18.2 Å². The predicted octanol–water partition coefficient (Wildman–Crippen LogP) is 2.28. The van der Waals surface area contributed by atoms with E-state index in [-0.39, 0.29) is 17.4 Å². The van der Waals surface area contributed by atoms with Gasteiger partial charge >= 0.3 is 5.97 Å². The number of nitrogens with zero attached hydrogens (tertiary/aromatic N) is 1. The predicted molar refractivity (Wildman–Crippen MR) is 70.8 cm³/mol. The molecule has 0 aliphatic carbocycles. The van der Waals surface area contributed by atoms with Crippen LogP contribution in [0.4, 0.5) is 0 Å². The minimum atomic E-state index is -0.480. The Morgan fingerprint density at radius 2 is 1.94 bits per heavy atom. The zero-order chi connectivity index (χ0) is 13.5. The van der Waals surface area contributed by atoms with Crippen molar-refractivity contribution in [3.8, 4) is 5.75 Å². The molecule has 0 heterocycles. The fourth-order valence-electron chi connectivity index (χ4n) is 1.87. The molecule has 0 aliphatic rings. The van der Waals surface area contributed by atoms with Gasteiger partial charge in [-0.05, 0) is 32.1 Å². The quantitative estimate of drug-likeness (QED) is 0.788. The number of hydrogen-bond donors (Lipinski definition) is 1. The van der Waals surface area contributed by atoms with Gasteiger partial charge in [0, 0.05) is 6.04 Å². The Morgan fingerprint density at radius 3 is 2.50 bits per heavy atom. The normalized spacial score (nSPS) is 12.4. The van der Waals surface area contributed by atoms with Gasteiger partial charge in [0.25, 0.3) is 0 Å². The van der Waals surface area contributed by atoms with Gasteiger partial charge in [-0.3, -0.25) is 4.90 Å². The number of para-hydroxylation sites is 1. The van der Waals surface area contributed by atoms with E-state index < -0.39 is 5.97 Å². The minimum absolute atomic E-state index is 0.0435. The van der Waals surface area contributed by atoms with E-state index in [1.165, 1.54) is 6.07 Å². The van der Waals surface area contributed by atoms with Gasteiger partial charge in [-0.15, -0.1) is 0 Å². The van der Waals surface area contributed by atoms with Crippen molar-refractivity contribution < 1.29 is 14.6 Å². The molecule has 0 amide bonds. The van der Waals surface area contributed by atoms with Crippen LogP contribution in [0, 0.1) is 0 Å². The Morgan fingerprint density at radius 1 is 1.33 bits per heavy atom. The molecule has 0 fully saturated rings. The number of likely N-dealkylation sites (N-methyl/N-ethyl adjacent to an activating group) is 1. The summed E-state index contributed by atoms with van der Waals surface area (Å²) in [5, 5.41) is 9.54. The third-order valence-corrected chi connectivity index (χ3v) is 3.02. The summed E-state index contributed by atoms with van der Waals surface area (Å²) in [4.78, 5) is 14.0. The number of phenols is 1. The second-order valence-corrected chi connectivity index (χ2v) is 4.19. The highest BCUT2D eigenvalue weighted by Gasteiger charge is 2.15. The maximum absolute atomic E-state index is 11.8. The lowest BCUT2D eigenvalue weighted by molar-refractivity contribution is 0.0378. The SMILES string of the molecule is CCN(CC)C(C)COC(=O)c1ccccc1O. The number of esters is 1. The highest BCUT2D eigenvalue weighted by atomic mass is 16.5. The van der Waals surface area contributed by atoms with Crippen LogP contribution in [0.25, 0.3) is 0 Å². The van der Waals surface area contributed by atoms with Crippen LogP contribution >= 0.6 is 0 Å². The second kappa shape index (κ2) is 7.01. The van der Waals surface area contributed by atoms with Crippen LogP contribution in [-0.2, 0) is 4.74 Å². The standard InChI is InChI=1S/C14H21NO3/c1-4-15(5-2)11(3)10-18-14(17)12-8-6-7-9-13(12)16/h6-9,11,16H,4-5,10H2,1-3H3. The maximum atomic E-state index is 11.8. The first-order valence-electron chi connectivity index (χ1n) is 6.29. The van der Waals surface area contributed by atoms with Gasteiger partial charge in [0.2, 0.25) is 0 Å². The molecule has 1 unspecified atom stereocenters. The summed E-state index contributed by atoms with van der Waals surface area (Å²) < 4.78 is 5.21. The van der Waals surface area contributed by atoms with Gasteiger partial charge in [0.15, 0.2) is 0 Å². The van der Waals surface area contributed by atoms with Crippen molar-refractivity contribution in [3.05, 3.63) is 29.8 Å². The zero-order valence-electron chi connectivity index (χ0n) is 11.2. The van der Waals surface area contributed by atoms with Crippen LogP contribution in [0.2, 0.25) is 0 Å². The summed E-state index contributed by atoms with van der Waals surface area (Å²) >= 11 is 0. The average Bonchev–Trinajstić information content (AvgIpc) is 2.38. The first kappa shape index (κ1) is 14.5. The fraction of sp³-hybridized carbons (Fsp3) is 0.500. The molecule has 0 bridgehead atoms. The molecule has 100 valence electrons. The molecule has 18 heavy (non-hydrogen) atoms. The monoisotopic (exact) mass is 251 g/mol. The first-order valence-corrected chi connectivity index (χ1v) is 6.29. The summed E-state index contributed by atoms with van der Waals surface area (Å²) in [6, 6.07) is 6.58. The van der Waals surface area contributed by atoms with Crippen molar-refractivity contribution in [1.82, 2.24) is 4.90 Å². The van der Waals surface area contributed by atoms with Crippen LogP contribution in [0.1, 0.15) is 31.1 Å². The molecule has 0 aromatic heterocycles. The van der Waals surface area contributed by atoms with E-state index in [2.05, 4.69) is 18.7 Å². The van der Waals surface area contributed by atoms with Crippen LogP contribution < -0.4 is 0 Å². The molecule has 0 aliphatic heterocycles. The summed E-state index contributed by atoms with van der Waals surface area (Å²) in [7, 11) is 0. The van der Waals surface area contributed by atoms with E-state index in [9.17, 15) is 9.90 Å². The van der Waals surface area contributed by atoms with Crippen LogP contribution in [0.3, 0.4) is 0 Å². The van der Waals surface area contributed by atoms with E-state index in [0.717, 1.165) is 13.1 Å². The summed E-state index contributed by atoms with van der Waals surface area (Å²) in [5.74, 6) is -0.523. The molecule has 1 atom stereocenters. The molecule has 0 spiro atoms. The number of hydrogen-bond acceptors (Lipinski definition) is 4. The third-order valence-electron chi connectivity index (χ3n) is 3.02. The maximum Gasteiger partial charge on any atom is 0.341 e. The Balaban J connectivity index is 2.54. The van der Waals surface area contributed by atoms with E-state index >= 15 is 0 Å². The molecule has 1 N–H and O–H groups in total. The van der Waals surface area contributed by atoms with Gasteiger partial charge < -0.3 is 9.84 Å². The smallest absolute Gasteiger partial charge is 0.341 e. The Labute approximate surface area is 108 Å². The summed E-state index contributed by atoms with van der Waals surface area (Å²) in [6.45, 7) is 8.34. The third kappa shape index (κ3) is 3.74. The lowest BCUT2D eigenvalue weighted by Gasteiger charge is -2.25. The number of carbonyl (C=O) groups excluding carboxylic acids is 1. The van der Waals surface area contributed by atoms with Gasteiger partial charge in [-0.2, -0.15) is 0 Å². The Hall–Kier alpha value is -1.55. The molecule has 4 nitrogen and oxygen atoms in total. The second-order valence-electron chi connectivity index (χ2n) is 4.19. The van der Waals surface area contributed by atoms with Gasteiger partial charge in [-0.25, -0.2) is 4.79 Å². The molecule has 0 saturated carbocycles. The number of rotatable bonds is 6. The van der Waals surface area contributed by atoms with Crippen molar-refractivity contribution in [2.45, 2.75) is 26.8 Å². The van der Waals surface area contributed by atoms with Crippen molar-refractivity contribution >= 4 is 5.97 Å². The highest BCUT2D eigenvalue weighted by molar-refractivity contribution is 5.92. The summed E-state index contributed by atoms with van der Waals surface area (Å²) in [5.41, 5.74) is 0.212. The number of aromatic hydroxyl groups is 1. The molecule has 1 aromatic rings. The minimum Gasteiger partial charge on any atom is -0.507 e. The zero-order valence-corrected chi connectivity index (χ0v) is 11.2. The Bertz CT molecular complexity index is 388. The molecular weight excluding hydrogens is 230 g/mol. The molecule has 1 aromatic carbocycles. The van der Waals surface area contributed by atoms with Gasteiger partial charge in [-0.1, -0.05) is 26.0 Å². The van der Waals surface area contributed by atoms with Crippen LogP contribution in [0.5, 0.6) is 5.75 Å². The largest absolute Gasteiger partial charge is 0.507 e. The first-order chi connectivity index (χ1) is 8.60. The van der Waals surface area contributed by atoms with E-state index in [1.807, 2.05) is 6.92 Å². The topological polar surface area (TPSA) is 49.8 Å². The van der Waals surface area contributed by atoms with Gasteiger partial charge in [0.1, 0.15) is 17.9 Å².